The lowest BCUT2D eigenvalue weighted by Gasteiger charge is -2.15. The second-order valence-electron chi connectivity index (χ2n) is 3.66. The number of hydrogen-bond acceptors (Lipinski definition) is 2. The van der Waals surface area contributed by atoms with Gasteiger partial charge in [-0.2, -0.15) is 0 Å². The third-order valence-electron chi connectivity index (χ3n) is 2.49. The zero-order chi connectivity index (χ0) is 10.2. The molecule has 1 N–H and O–H groups in total. The Kier molecular flexibility index (Phi) is 5.38. The summed E-state index contributed by atoms with van der Waals surface area (Å²) < 4.78 is 5.11. The van der Waals surface area contributed by atoms with Crippen molar-refractivity contribution >= 4 is 0 Å². The minimum Gasteiger partial charge on any atom is -0.472 e. The van der Waals surface area contributed by atoms with Crippen LogP contribution in [0.15, 0.2) is 23.0 Å². The zero-order valence-corrected chi connectivity index (χ0v) is 9.25. The van der Waals surface area contributed by atoms with Crippen LogP contribution in [-0.2, 0) is 0 Å². The van der Waals surface area contributed by atoms with Crippen molar-refractivity contribution in [3.8, 4) is 0 Å². The first kappa shape index (κ1) is 11.3. The number of furan rings is 1. The summed E-state index contributed by atoms with van der Waals surface area (Å²) in [5.74, 6) is 0. The lowest BCUT2D eigenvalue weighted by Crippen LogP contribution is -2.20. The molecule has 1 rings (SSSR count). The third kappa shape index (κ3) is 3.54. The zero-order valence-electron chi connectivity index (χ0n) is 9.25. The summed E-state index contributed by atoms with van der Waals surface area (Å²) in [7, 11) is 0. The Bertz CT molecular complexity index is 218. The molecule has 0 aliphatic rings. The van der Waals surface area contributed by atoms with Gasteiger partial charge in [0.1, 0.15) is 0 Å². The maximum Gasteiger partial charge on any atom is 0.0950 e. The van der Waals surface area contributed by atoms with Crippen molar-refractivity contribution in [3.63, 3.8) is 0 Å². The van der Waals surface area contributed by atoms with E-state index < -0.39 is 0 Å². The van der Waals surface area contributed by atoms with E-state index in [4.69, 9.17) is 4.42 Å². The number of rotatable bonds is 7. The first-order valence-electron chi connectivity index (χ1n) is 5.64. The molecule has 0 spiro atoms. The van der Waals surface area contributed by atoms with E-state index >= 15 is 0 Å². The fraction of sp³-hybridized carbons (Fsp3) is 0.667. The monoisotopic (exact) mass is 195 g/mol. The summed E-state index contributed by atoms with van der Waals surface area (Å²) in [6.07, 6.45) is 8.70. The Balaban J connectivity index is 2.39. The van der Waals surface area contributed by atoms with E-state index in [1.807, 2.05) is 6.26 Å². The lowest BCUT2D eigenvalue weighted by molar-refractivity contribution is 0.478. The van der Waals surface area contributed by atoms with E-state index in [9.17, 15) is 0 Å². The van der Waals surface area contributed by atoms with E-state index in [1.165, 1.54) is 31.2 Å². The third-order valence-corrected chi connectivity index (χ3v) is 2.49. The van der Waals surface area contributed by atoms with Crippen molar-refractivity contribution in [2.45, 2.75) is 45.6 Å². The van der Waals surface area contributed by atoms with Gasteiger partial charge in [-0.05, 0) is 19.0 Å². The number of hydrogen-bond donors (Lipinski definition) is 1. The maximum absolute atomic E-state index is 5.11. The minimum atomic E-state index is 0.477. The van der Waals surface area contributed by atoms with Crippen LogP contribution in [0.4, 0.5) is 0 Å². The molecule has 0 aromatic carbocycles. The van der Waals surface area contributed by atoms with E-state index in [0.717, 1.165) is 6.54 Å². The summed E-state index contributed by atoms with van der Waals surface area (Å²) in [6, 6.07) is 2.53. The van der Waals surface area contributed by atoms with E-state index in [0.29, 0.717) is 6.04 Å². The SMILES string of the molecule is CCCCCC(NCC)c1ccoc1. The van der Waals surface area contributed by atoms with Gasteiger partial charge in [0.15, 0.2) is 0 Å². The highest BCUT2D eigenvalue weighted by Crippen LogP contribution is 2.19. The quantitative estimate of drug-likeness (QED) is 0.673. The summed E-state index contributed by atoms with van der Waals surface area (Å²) in [6.45, 7) is 5.40. The molecule has 80 valence electrons. The molecule has 1 aromatic rings. The number of nitrogens with one attached hydrogen (secondary N) is 1. The molecule has 1 atom stereocenters. The lowest BCUT2D eigenvalue weighted by atomic mass is 10.0. The van der Waals surface area contributed by atoms with Crippen LogP contribution >= 0.6 is 0 Å². The predicted molar refractivity (Wildman–Crippen MR) is 59.3 cm³/mol. The van der Waals surface area contributed by atoms with Gasteiger partial charge in [0.05, 0.1) is 12.5 Å². The number of unbranched alkanes of at least 4 members (excludes halogenated alkanes) is 2. The van der Waals surface area contributed by atoms with Crippen LogP contribution < -0.4 is 5.32 Å². The maximum atomic E-state index is 5.11. The average molecular weight is 195 g/mol. The topological polar surface area (TPSA) is 25.2 Å². The molecule has 0 saturated heterocycles. The second-order valence-corrected chi connectivity index (χ2v) is 3.66. The van der Waals surface area contributed by atoms with E-state index in [1.54, 1.807) is 6.26 Å². The molecule has 14 heavy (non-hydrogen) atoms. The largest absolute Gasteiger partial charge is 0.472 e. The van der Waals surface area contributed by atoms with Gasteiger partial charge in [-0.1, -0.05) is 33.1 Å². The minimum absolute atomic E-state index is 0.477. The van der Waals surface area contributed by atoms with Gasteiger partial charge in [-0.3, -0.25) is 0 Å². The molecule has 0 bridgehead atoms. The summed E-state index contributed by atoms with van der Waals surface area (Å²) >= 11 is 0. The van der Waals surface area contributed by atoms with Crippen LogP contribution in [0.1, 0.15) is 51.1 Å². The van der Waals surface area contributed by atoms with Gasteiger partial charge in [0.25, 0.3) is 0 Å². The fourth-order valence-corrected chi connectivity index (χ4v) is 1.70. The van der Waals surface area contributed by atoms with E-state index in [2.05, 4.69) is 25.2 Å². The van der Waals surface area contributed by atoms with Gasteiger partial charge >= 0.3 is 0 Å². The van der Waals surface area contributed by atoms with Crippen LogP contribution in [-0.4, -0.2) is 6.54 Å². The Labute approximate surface area is 86.7 Å². The van der Waals surface area contributed by atoms with E-state index in [-0.39, 0.29) is 0 Å². The predicted octanol–water partition coefficient (Wildman–Crippen LogP) is 3.51. The summed E-state index contributed by atoms with van der Waals surface area (Å²) in [5.41, 5.74) is 1.28. The van der Waals surface area contributed by atoms with Gasteiger partial charge in [-0.25, -0.2) is 0 Å². The molecule has 0 amide bonds. The molecule has 2 heteroatoms. The van der Waals surface area contributed by atoms with Gasteiger partial charge in [0, 0.05) is 11.6 Å². The highest BCUT2D eigenvalue weighted by molar-refractivity contribution is 5.11. The van der Waals surface area contributed by atoms with Gasteiger partial charge in [0.2, 0.25) is 0 Å². The van der Waals surface area contributed by atoms with Crippen molar-refractivity contribution in [3.05, 3.63) is 24.2 Å². The molecule has 0 aliphatic carbocycles. The molecular formula is C12H21NO. The Morgan fingerprint density at radius 1 is 1.36 bits per heavy atom. The van der Waals surface area contributed by atoms with Crippen LogP contribution in [0.5, 0.6) is 0 Å². The molecule has 0 saturated carbocycles. The Morgan fingerprint density at radius 3 is 2.79 bits per heavy atom. The van der Waals surface area contributed by atoms with Crippen molar-refractivity contribution in [2.24, 2.45) is 0 Å². The first-order chi connectivity index (χ1) is 6.88. The van der Waals surface area contributed by atoms with Crippen LogP contribution in [0.25, 0.3) is 0 Å². The van der Waals surface area contributed by atoms with Crippen LogP contribution in [0, 0.1) is 0 Å². The first-order valence-corrected chi connectivity index (χ1v) is 5.64. The molecule has 0 aliphatic heterocycles. The summed E-state index contributed by atoms with van der Waals surface area (Å²) in [5, 5.41) is 3.48. The highest BCUT2D eigenvalue weighted by atomic mass is 16.3. The Morgan fingerprint density at radius 2 is 2.21 bits per heavy atom. The Hall–Kier alpha value is -0.760. The van der Waals surface area contributed by atoms with Crippen molar-refractivity contribution in [1.29, 1.82) is 0 Å². The van der Waals surface area contributed by atoms with Crippen molar-refractivity contribution in [2.75, 3.05) is 6.54 Å². The van der Waals surface area contributed by atoms with Gasteiger partial charge in [-0.15, -0.1) is 0 Å². The average Bonchev–Trinajstić information content (AvgIpc) is 2.70. The highest BCUT2D eigenvalue weighted by Gasteiger charge is 2.10. The molecule has 2 nitrogen and oxygen atoms in total. The molecule has 1 aromatic heterocycles. The normalized spacial score (nSPS) is 13.0. The molecule has 1 heterocycles. The van der Waals surface area contributed by atoms with Crippen molar-refractivity contribution in [1.82, 2.24) is 5.32 Å². The molecule has 0 radical (unpaired) electrons. The molecule has 0 fully saturated rings. The van der Waals surface area contributed by atoms with Crippen molar-refractivity contribution < 1.29 is 4.42 Å². The van der Waals surface area contributed by atoms with Gasteiger partial charge < -0.3 is 9.73 Å². The smallest absolute Gasteiger partial charge is 0.0950 e. The van der Waals surface area contributed by atoms with Crippen LogP contribution in [0.2, 0.25) is 0 Å². The standard InChI is InChI=1S/C12H21NO/c1-3-5-6-7-12(13-4-2)11-8-9-14-10-11/h8-10,12-13H,3-7H2,1-2H3. The molecular weight excluding hydrogens is 174 g/mol. The summed E-state index contributed by atoms with van der Waals surface area (Å²) in [4.78, 5) is 0. The molecule has 1 unspecified atom stereocenters. The second kappa shape index (κ2) is 6.66. The fourth-order valence-electron chi connectivity index (χ4n) is 1.70. The van der Waals surface area contributed by atoms with Crippen LogP contribution in [0.3, 0.4) is 0 Å².